The van der Waals surface area contributed by atoms with Gasteiger partial charge in [-0.3, -0.25) is 4.79 Å². The van der Waals surface area contributed by atoms with Crippen LogP contribution in [0.25, 0.3) is 0 Å². The molecule has 0 aromatic heterocycles. The third-order valence-corrected chi connectivity index (χ3v) is 8.06. The van der Waals surface area contributed by atoms with Crippen LogP contribution >= 0.6 is 0 Å². The fourth-order valence-electron chi connectivity index (χ4n) is 6.74. The zero-order valence-electron chi connectivity index (χ0n) is 19.2. The van der Waals surface area contributed by atoms with Gasteiger partial charge in [0.25, 0.3) is 0 Å². The number of carbonyl (C=O) groups excluding carboxylic acids is 2. The molecular weight excluding hydrogens is 396 g/mol. The summed E-state index contributed by atoms with van der Waals surface area (Å²) in [7, 11) is 3.09. The molecule has 0 amide bonds. The molecule has 6 heteroatoms. The maximum Gasteiger partial charge on any atom is 0.342 e. The Morgan fingerprint density at radius 2 is 1.87 bits per heavy atom. The average molecular weight is 429 g/mol. The van der Waals surface area contributed by atoms with Crippen LogP contribution in [0.2, 0.25) is 0 Å². The molecule has 5 atom stereocenters. The molecule has 1 aromatic carbocycles. The normalized spacial score (nSPS) is 35.3. The van der Waals surface area contributed by atoms with Gasteiger partial charge in [-0.2, -0.15) is 0 Å². The number of methoxy groups -OCH3 is 2. The molecule has 3 aliphatic carbocycles. The van der Waals surface area contributed by atoms with Gasteiger partial charge in [-0.25, -0.2) is 4.79 Å². The minimum atomic E-state index is -0.970. The molecule has 0 spiro atoms. The largest absolute Gasteiger partial charge is 0.507 e. The molecular formula is C25H32O6. The molecule has 0 aliphatic heterocycles. The van der Waals surface area contributed by atoms with Gasteiger partial charge in [0.05, 0.1) is 7.11 Å². The number of phenols is 1. The minimum Gasteiger partial charge on any atom is -0.507 e. The highest BCUT2D eigenvalue weighted by Crippen LogP contribution is 2.69. The number of aromatic hydroxyl groups is 1. The van der Waals surface area contributed by atoms with Crippen molar-refractivity contribution in [2.45, 2.75) is 58.7 Å². The first-order valence-electron chi connectivity index (χ1n) is 10.8. The monoisotopic (exact) mass is 428 g/mol. The molecule has 2 unspecified atom stereocenters. The number of carbonyl (C=O) groups is 2. The molecule has 2 saturated carbocycles. The summed E-state index contributed by atoms with van der Waals surface area (Å²) in [5.74, 6) is 0.331. The molecule has 31 heavy (non-hydrogen) atoms. The Hall–Kier alpha value is -2.34. The topological polar surface area (TPSA) is 82.1 Å². The highest BCUT2D eigenvalue weighted by Gasteiger charge is 2.73. The maximum absolute atomic E-state index is 13.1. The number of phenolic OH excluding ortho intramolecular Hbond substituents is 1. The highest BCUT2D eigenvalue weighted by atomic mass is 16.6. The Morgan fingerprint density at radius 1 is 1.16 bits per heavy atom. The molecule has 168 valence electrons. The molecule has 2 fully saturated rings. The van der Waals surface area contributed by atoms with Gasteiger partial charge < -0.3 is 19.3 Å². The van der Waals surface area contributed by atoms with E-state index in [0.29, 0.717) is 35.1 Å². The fourth-order valence-corrected chi connectivity index (χ4v) is 6.74. The van der Waals surface area contributed by atoms with Crippen LogP contribution in [0.15, 0.2) is 23.8 Å². The van der Waals surface area contributed by atoms with E-state index in [9.17, 15) is 14.7 Å². The first-order chi connectivity index (χ1) is 14.5. The number of ether oxygens (including phenoxy) is 3. The second kappa shape index (κ2) is 7.09. The van der Waals surface area contributed by atoms with Crippen molar-refractivity contribution in [2.24, 2.45) is 22.7 Å². The molecule has 1 N–H and O–H groups in total. The lowest BCUT2D eigenvalue weighted by molar-refractivity contribution is -0.259. The number of fused-ring (bicyclic) bond motifs is 3. The van der Waals surface area contributed by atoms with Gasteiger partial charge in [-0.15, -0.1) is 0 Å². The number of hydrogen-bond acceptors (Lipinski definition) is 6. The van der Waals surface area contributed by atoms with Gasteiger partial charge in [0.1, 0.15) is 35.1 Å². The van der Waals surface area contributed by atoms with Crippen molar-refractivity contribution in [1.82, 2.24) is 0 Å². The van der Waals surface area contributed by atoms with Gasteiger partial charge in [0.2, 0.25) is 0 Å². The second-order valence-electron chi connectivity index (χ2n) is 10.4. The van der Waals surface area contributed by atoms with Crippen molar-refractivity contribution in [2.75, 3.05) is 14.2 Å². The Kier molecular flexibility index (Phi) is 5.00. The third kappa shape index (κ3) is 2.94. The summed E-state index contributed by atoms with van der Waals surface area (Å²) in [6.45, 7) is 8.41. The van der Waals surface area contributed by atoms with E-state index in [2.05, 4.69) is 20.8 Å². The highest BCUT2D eigenvalue weighted by molar-refractivity contribution is 5.94. The lowest BCUT2D eigenvalue weighted by Crippen LogP contribution is -2.73. The van der Waals surface area contributed by atoms with Crippen molar-refractivity contribution in [1.29, 1.82) is 0 Å². The van der Waals surface area contributed by atoms with Gasteiger partial charge in [0, 0.05) is 24.2 Å². The molecule has 0 radical (unpaired) electrons. The number of aryl methyl sites for hydroxylation is 1. The number of benzene rings is 1. The van der Waals surface area contributed by atoms with Crippen molar-refractivity contribution in [3.05, 3.63) is 34.9 Å². The van der Waals surface area contributed by atoms with Gasteiger partial charge in [-0.1, -0.05) is 26.8 Å². The van der Waals surface area contributed by atoms with Gasteiger partial charge in [0.15, 0.2) is 0 Å². The van der Waals surface area contributed by atoms with Crippen LogP contribution in [-0.4, -0.2) is 43.3 Å². The minimum absolute atomic E-state index is 0.105. The Bertz CT molecular complexity index is 940. The third-order valence-electron chi connectivity index (χ3n) is 8.06. The summed E-state index contributed by atoms with van der Waals surface area (Å²) in [5.41, 5.74) is 0.155. The Balaban J connectivity index is 1.68. The van der Waals surface area contributed by atoms with Gasteiger partial charge >= 0.3 is 5.97 Å². The predicted octanol–water partition coefficient (Wildman–Crippen LogP) is 4.22. The lowest BCUT2D eigenvalue weighted by Gasteiger charge is -2.66. The zero-order valence-corrected chi connectivity index (χ0v) is 19.2. The summed E-state index contributed by atoms with van der Waals surface area (Å²) < 4.78 is 17.1. The van der Waals surface area contributed by atoms with Crippen molar-refractivity contribution >= 4 is 12.3 Å². The first-order valence-corrected chi connectivity index (χ1v) is 10.8. The molecule has 3 aliphatic rings. The van der Waals surface area contributed by atoms with Crippen LogP contribution in [0.1, 0.15) is 56.0 Å². The summed E-state index contributed by atoms with van der Waals surface area (Å²) >= 11 is 0. The van der Waals surface area contributed by atoms with E-state index in [4.69, 9.17) is 14.2 Å². The second-order valence-corrected chi connectivity index (χ2v) is 10.4. The number of esters is 1. The predicted molar refractivity (Wildman–Crippen MR) is 115 cm³/mol. The smallest absolute Gasteiger partial charge is 0.342 e. The van der Waals surface area contributed by atoms with Crippen molar-refractivity contribution < 1.29 is 28.9 Å². The SMILES string of the molecule is COc1cc(C)c(C(=O)O[C@@H]2C[C@]3(C)C4CC(C)(C)CC4C=C(C=O)[C@]23OC)c(O)c1. The summed E-state index contributed by atoms with van der Waals surface area (Å²) in [4.78, 5) is 25.2. The number of aldehydes is 1. The zero-order chi connectivity index (χ0) is 22.8. The molecule has 4 rings (SSSR count). The van der Waals surface area contributed by atoms with E-state index in [-0.39, 0.29) is 22.1 Å². The van der Waals surface area contributed by atoms with Crippen LogP contribution in [0.3, 0.4) is 0 Å². The van der Waals surface area contributed by atoms with Crippen LogP contribution in [-0.2, 0) is 14.3 Å². The lowest BCUT2D eigenvalue weighted by atomic mass is 9.44. The van der Waals surface area contributed by atoms with E-state index in [0.717, 1.165) is 19.1 Å². The fraction of sp³-hybridized carbons (Fsp3) is 0.600. The van der Waals surface area contributed by atoms with E-state index >= 15 is 0 Å². The number of allylic oxidation sites excluding steroid dienone is 1. The maximum atomic E-state index is 13.1. The molecule has 0 saturated heterocycles. The summed E-state index contributed by atoms with van der Waals surface area (Å²) in [6, 6.07) is 3.07. The van der Waals surface area contributed by atoms with Gasteiger partial charge in [-0.05, 0) is 55.1 Å². The first kappa shape index (κ1) is 21.9. The van der Waals surface area contributed by atoms with Crippen molar-refractivity contribution in [3.63, 3.8) is 0 Å². The van der Waals surface area contributed by atoms with E-state index < -0.39 is 17.7 Å². The van der Waals surface area contributed by atoms with E-state index in [1.165, 1.54) is 13.2 Å². The number of hydrogen-bond donors (Lipinski definition) is 1. The van der Waals surface area contributed by atoms with Crippen LogP contribution in [0.4, 0.5) is 0 Å². The average Bonchev–Trinajstić information content (AvgIpc) is 3.00. The molecule has 0 bridgehead atoms. The molecule has 6 nitrogen and oxygen atoms in total. The molecule has 1 aromatic rings. The summed E-state index contributed by atoms with van der Waals surface area (Å²) in [6.07, 6.45) is 5.00. The quantitative estimate of drug-likeness (QED) is 0.559. The standard InChI is InChI=1S/C25H32O6/c1-14-7-17(29-5)9-19(27)21(14)22(28)31-20-12-24(4)18-11-23(2,3)10-15(18)8-16(13-26)25(20,24)30-6/h7-9,13,15,18,20,27H,10-12H2,1-6H3/t15?,18?,20-,24-,25+/m1/s1. The Morgan fingerprint density at radius 3 is 2.45 bits per heavy atom. The van der Waals surface area contributed by atoms with Crippen LogP contribution < -0.4 is 4.74 Å². The van der Waals surface area contributed by atoms with Crippen molar-refractivity contribution in [3.8, 4) is 11.5 Å². The van der Waals surface area contributed by atoms with E-state index in [1.54, 1.807) is 20.1 Å². The van der Waals surface area contributed by atoms with E-state index in [1.807, 2.05) is 6.08 Å². The van der Waals surface area contributed by atoms with Crippen LogP contribution in [0, 0.1) is 29.6 Å². The molecule has 0 heterocycles. The summed E-state index contributed by atoms with van der Waals surface area (Å²) in [5, 5.41) is 10.4. The number of rotatable bonds is 5. The Labute approximate surface area is 183 Å². The van der Waals surface area contributed by atoms with Crippen LogP contribution in [0.5, 0.6) is 11.5 Å².